The number of hydrogen-bond acceptors (Lipinski definition) is 6. The fourth-order valence-corrected chi connectivity index (χ4v) is 2.71. The lowest BCUT2D eigenvalue weighted by Gasteiger charge is -2.12. The van der Waals surface area contributed by atoms with Gasteiger partial charge in [-0.1, -0.05) is 42.5 Å². The number of hydrogen-bond donors (Lipinski definition) is 2. The molecular formula is C20H24N6O2. The smallest absolute Gasteiger partial charge is 0.227 e. The van der Waals surface area contributed by atoms with Crippen LogP contribution in [0.1, 0.15) is 12.0 Å². The van der Waals surface area contributed by atoms with E-state index in [0.29, 0.717) is 18.9 Å². The molecule has 0 aliphatic heterocycles. The average Bonchev–Trinajstić information content (AvgIpc) is 3.21. The highest BCUT2D eigenvalue weighted by molar-refractivity contribution is 5.91. The number of amides is 1. The highest BCUT2D eigenvalue weighted by Gasteiger charge is 2.11. The van der Waals surface area contributed by atoms with Gasteiger partial charge in [-0.3, -0.25) is 4.79 Å². The average molecular weight is 380 g/mol. The molecule has 0 fully saturated rings. The van der Waals surface area contributed by atoms with E-state index < -0.39 is 0 Å². The number of aromatic nitrogens is 4. The lowest BCUT2D eigenvalue weighted by molar-refractivity contribution is -0.118. The molecule has 0 radical (unpaired) electrons. The number of nitrogens with two attached hydrogens (primary N) is 1. The molecule has 3 aromatic rings. The molecule has 1 atom stereocenters. The molecule has 0 aliphatic carbocycles. The zero-order valence-electron chi connectivity index (χ0n) is 15.8. The summed E-state index contributed by atoms with van der Waals surface area (Å²) in [5, 5.41) is 15.5. The van der Waals surface area contributed by atoms with Crippen molar-refractivity contribution >= 4 is 11.6 Å². The van der Waals surface area contributed by atoms with Crippen molar-refractivity contribution in [2.45, 2.75) is 25.5 Å². The van der Waals surface area contributed by atoms with Gasteiger partial charge in [-0.25, -0.2) is 0 Å². The Bertz CT molecular complexity index is 875. The summed E-state index contributed by atoms with van der Waals surface area (Å²) in [6.45, 7) is 0.933. The van der Waals surface area contributed by atoms with E-state index >= 15 is 0 Å². The second-order valence-electron chi connectivity index (χ2n) is 6.37. The number of benzene rings is 2. The zero-order valence-corrected chi connectivity index (χ0v) is 15.8. The van der Waals surface area contributed by atoms with E-state index in [1.54, 1.807) is 11.9 Å². The summed E-state index contributed by atoms with van der Waals surface area (Å²) in [5.41, 5.74) is 8.34. The largest absolute Gasteiger partial charge is 0.380 e. The number of nitrogens with one attached hydrogen (secondary N) is 1. The van der Waals surface area contributed by atoms with Gasteiger partial charge >= 0.3 is 0 Å². The Hall–Kier alpha value is -3.10. The molecule has 0 saturated carbocycles. The number of rotatable bonds is 9. The number of methoxy groups -OCH3 is 1. The SMILES string of the molecule is COC(CN)CC(=O)Nc1ccc(CCn2nnc(-c3ccccc3)n2)cc1. The normalized spacial score (nSPS) is 11.9. The molecule has 0 spiro atoms. The second kappa shape index (κ2) is 9.72. The fraction of sp³-hybridized carbons (Fsp3) is 0.300. The number of carbonyl (C=O) groups excluding carboxylic acids is 1. The van der Waals surface area contributed by atoms with Crippen LogP contribution < -0.4 is 11.1 Å². The van der Waals surface area contributed by atoms with Gasteiger partial charge in [0.2, 0.25) is 11.7 Å². The van der Waals surface area contributed by atoms with Crippen LogP contribution in [-0.2, 0) is 22.5 Å². The molecule has 3 N–H and O–H groups in total. The summed E-state index contributed by atoms with van der Waals surface area (Å²) >= 11 is 0. The lowest BCUT2D eigenvalue weighted by atomic mass is 10.1. The van der Waals surface area contributed by atoms with Crippen LogP contribution in [0.3, 0.4) is 0 Å². The molecule has 2 aromatic carbocycles. The minimum atomic E-state index is -0.268. The third kappa shape index (κ3) is 5.45. The molecule has 1 amide bonds. The van der Waals surface area contributed by atoms with Gasteiger partial charge in [-0.15, -0.1) is 10.2 Å². The molecule has 8 heteroatoms. The van der Waals surface area contributed by atoms with E-state index in [-0.39, 0.29) is 18.4 Å². The Morgan fingerprint density at radius 1 is 1.18 bits per heavy atom. The number of nitrogens with zero attached hydrogens (tertiary/aromatic N) is 4. The third-order valence-electron chi connectivity index (χ3n) is 4.33. The van der Waals surface area contributed by atoms with E-state index in [0.717, 1.165) is 23.2 Å². The molecule has 3 rings (SSSR count). The van der Waals surface area contributed by atoms with E-state index in [9.17, 15) is 4.79 Å². The summed E-state index contributed by atoms with van der Waals surface area (Å²) in [6, 6.07) is 17.5. The van der Waals surface area contributed by atoms with Crippen molar-refractivity contribution in [3.8, 4) is 11.4 Å². The van der Waals surface area contributed by atoms with Gasteiger partial charge in [0.15, 0.2) is 0 Å². The molecule has 146 valence electrons. The monoisotopic (exact) mass is 380 g/mol. The Labute approximate surface area is 163 Å². The minimum absolute atomic E-state index is 0.120. The fourth-order valence-electron chi connectivity index (χ4n) is 2.71. The summed E-state index contributed by atoms with van der Waals surface area (Å²) in [5.74, 6) is 0.496. The van der Waals surface area contributed by atoms with Crippen molar-refractivity contribution in [1.29, 1.82) is 0 Å². The second-order valence-corrected chi connectivity index (χ2v) is 6.37. The molecule has 28 heavy (non-hydrogen) atoms. The highest BCUT2D eigenvalue weighted by Crippen LogP contribution is 2.13. The van der Waals surface area contributed by atoms with E-state index in [1.165, 1.54) is 0 Å². The first kappa shape index (κ1) is 19.7. The van der Waals surface area contributed by atoms with Gasteiger partial charge < -0.3 is 15.8 Å². The third-order valence-corrected chi connectivity index (χ3v) is 4.33. The summed E-state index contributed by atoms with van der Waals surface area (Å²) in [6.07, 6.45) is 0.726. The standard InChI is InChI=1S/C20H24N6O2/c1-28-18(14-21)13-19(27)22-17-9-7-15(8-10-17)11-12-26-24-20(23-25-26)16-5-3-2-4-6-16/h2-10,18H,11-14,21H2,1H3,(H,22,27). The number of anilines is 1. The van der Waals surface area contributed by atoms with Crippen LogP contribution in [0, 0.1) is 0 Å². The van der Waals surface area contributed by atoms with Crippen LogP contribution in [0.15, 0.2) is 54.6 Å². The quantitative estimate of drug-likeness (QED) is 0.587. The first-order chi connectivity index (χ1) is 13.7. The Morgan fingerprint density at radius 3 is 2.61 bits per heavy atom. The molecule has 1 heterocycles. The van der Waals surface area contributed by atoms with Gasteiger partial charge in [-0.2, -0.15) is 4.80 Å². The van der Waals surface area contributed by atoms with Crippen LogP contribution in [0.25, 0.3) is 11.4 Å². The van der Waals surface area contributed by atoms with Crippen LogP contribution in [0.2, 0.25) is 0 Å². The van der Waals surface area contributed by atoms with E-state index in [4.69, 9.17) is 10.5 Å². The van der Waals surface area contributed by atoms with Crippen LogP contribution in [-0.4, -0.2) is 45.9 Å². The topological polar surface area (TPSA) is 108 Å². The van der Waals surface area contributed by atoms with Crippen molar-refractivity contribution in [3.63, 3.8) is 0 Å². The molecule has 1 unspecified atom stereocenters. The highest BCUT2D eigenvalue weighted by atomic mass is 16.5. The van der Waals surface area contributed by atoms with Crippen LogP contribution in [0.4, 0.5) is 5.69 Å². The molecule has 0 aliphatic rings. The van der Waals surface area contributed by atoms with E-state index in [2.05, 4.69) is 20.7 Å². The van der Waals surface area contributed by atoms with Crippen molar-refractivity contribution in [3.05, 3.63) is 60.2 Å². The molecule has 0 bridgehead atoms. The van der Waals surface area contributed by atoms with Crippen molar-refractivity contribution < 1.29 is 9.53 Å². The zero-order chi connectivity index (χ0) is 19.8. The molecule has 0 saturated heterocycles. The molecular weight excluding hydrogens is 356 g/mol. The number of aryl methyl sites for hydroxylation is 2. The summed E-state index contributed by atoms with van der Waals surface area (Å²) < 4.78 is 5.13. The maximum absolute atomic E-state index is 12.0. The van der Waals surface area contributed by atoms with Crippen molar-refractivity contribution in [1.82, 2.24) is 20.2 Å². The number of ether oxygens (including phenoxy) is 1. The van der Waals surface area contributed by atoms with E-state index in [1.807, 2.05) is 54.6 Å². The Morgan fingerprint density at radius 2 is 1.93 bits per heavy atom. The molecule has 1 aromatic heterocycles. The Kier molecular flexibility index (Phi) is 6.83. The molecule has 8 nitrogen and oxygen atoms in total. The van der Waals surface area contributed by atoms with Gasteiger partial charge in [0.05, 0.1) is 19.1 Å². The van der Waals surface area contributed by atoms with Gasteiger partial charge in [-0.05, 0) is 29.3 Å². The lowest BCUT2D eigenvalue weighted by Crippen LogP contribution is -2.28. The van der Waals surface area contributed by atoms with Gasteiger partial charge in [0.1, 0.15) is 0 Å². The Balaban J connectivity index is 1.51. The predicted octanol–water partition coefficient (Wildman–Crippen LogP) is 1.89. The van der Waals surface area contributed by atoms with Crippen molar-refractivity contribution in [2.24, 2.45) is 5.73 Å². The van der Waals surface area contributed by atoms with Gasteiger partial charge in [0.25, 0.3) is 0 Å². The van der Waals surface area contributed by atoms with Crippen LogP contribution >= 0.6 is 0 Å². The maximum Gasteiger partial charge on any atom is 0.227 e. The maximum atomic E-state index is 12.0. The number of carbonyl (C=O) groups is 1. The predicted molar refractivity (Wildman–Crippen MR) is 106 cm³/mol. The summed E-state index contributed by atoms with van der Waals surface area (Å²) in [4.78, 5) is 13.6. The number of tetrazole rings is 1. The van der Waals surface area contributed by atoms with Crippen LogP contribution in [0.5, 0.6) is 0 Å². The minimum Gasteiger partial charge on any atom is -0.380 e. The first-order valence-electron chi connectivity index (χ1n) is 9.13. The first-order valence-corrected chi connectivity index (χ1v) is 9.13. The summed E-state index contributed by atoms with van der Waals surface area (Å²) in [7, 11) is 1.55. The van der Waals surface area contributed by atoms with Crippen molar-refractivity contribution in [2.75, 3.05) is 19.0 Å². The van der Waals surface area contributed by atoms with Gasteiger partial charge in [0, 0.05) is 24.9 Å².